The molecule has 3 heterocycles. The molecule has 30 heavy (non-hydrogen) atoms. The summed E-state index contributed by atoms with van der Waals surface area (Å²) in [4.78, 5) is 22.2. The molecule has 1 unspecified atom stereocenters. The van der Waals surface area contributed by atoms with Crippen LogP contribution in [-0.4, -0.2) is 74.4 Å². The first kappa shape index (κ1) is 19.5. The largest absolute Gasteiger partial charge is 0.378 e. The maximum atomic E-state index is 13.3. The molecule has 0 bridgehead atoms. The Kier molecular flexibility index (Phi) is 5.44. The standard InChI is InChI=1S/C23H27ClN4O2/c24-19-5-7-20(8-6-19)26-9-10-28-21(16-26)17-27(15-18-3-1-2-4-22(18)28)23(29)25-11-13-30-14-12-25/h1-8,21H,9-17H2. The zero-order valence-corrected chi connectivity index (χ0v) is 17.8. The summed E-state index contributed by atoms with van der Waals surface area (Å²) in [7, 11) is 0. The second kappa shape index (κ2) is 8.36. The van der Waals surface area contributed by atoms with Gasteiger partial charge in [-0.05, 0) is 35.9 Å². The SMILES string of the molecule is O=C(N1CCOCC1)N1Cc2ccccc2N2CCN(c3ccc(Cl)cc3)CC2C1. The molecule has 2 fully saturated rings. The number of ether oxygens (including phenoxy) is 1. The lowest BCUT2D eigenvalue weighted by Gasteiger charge is -2.44. The molecule has 3 aliphatic rings. The lowest BCUT2D eigenvalue weighted by atomic mass is 10.1. The fourth-order valence-corrected chi connectivity index (χ4v) is 4.89. The van der Waals surface area contributed by atoms with Gasteiger partial charge in [-0.2, -0.15) is 0 Å². The number of hydrogen-bond acceptors (Lipinski definition) is 4. The van der Waals surface area contributed by atoms with Crippen LogP contribution < -0.4 is 9.80 Å². The first-order valence-electron chi connectivity index (χ1n) is 10.7. The Morgan fingerprint density at radius 1 is 0.900 bits per heavy atom. The molecule has 2 aromatic carbocycles. The predicted octanol–water partition coefficient (Wildman–Crippen LogP) is 3.30. The van der Waals surface area contributed by atoms with E-state index in [1.165, 1.54) is 16.9 Å². The Bertz CT molecular complexity index is 900. The number of nitrogens with zero attached hydrogens (tertiary/aromatic N) is 4. The van der Waals surface area contributed by atoms with E-state index in [9.17, 15) is 4.79 Å². The highest BCUT2D eigenvalue weighted by molar-refractivity contribution is 6.30. The van der Waals surface area contributed by atoms with E-state index in [1.807, 2.05) is 21.9 Å². The maximum Gasteiger partial charge on any atom is 0.320 e. The summed E-state index contributed by atoms with van der Waals surface area (Å²) in [6, 6.07) is 16.9. The fourth-order valence-electron chi connectivity index (χ4n) is 4.76. The van der Waals surface area contributed by atoms with E-state index >= 15 is 0 Å². The molecule has 5 rings (SSSR count). The van der Waals surface area contributed by atoms with Gasteiger partial charge in [0.05, 0.1) is 19.3 Å². The van der Waals surface area contributed by atoms with Gasteiger partial charge in [-0.3, -0.25) is 0 Å². The number of fused-ring (bicyclic) bond motifs is 3. The molecule has 0 N–H and O–H groups in total. The van der Waals surface area contributed by atoms with Crippen molar-refractivity contribution in [1.82, 2.24) is 9.80 Å². The van der Waals surface area contributed by atoms with E-state index in [1.54, 1.807) is 0 Å². The molecular weight excluding hydrogens is 400 g/mol. The highest BCUT2D eigenvalue weighted by Gasteiger charge is 2.35. The molecular formula is C23H27ClN4O2. The number of carbonyl (C=O) groups excluding carboxylic acids is 1. The number of hydrogen-bond donors (Lipinski definition) is 0. The van der Waals surface area contributed by atoms with Gasteiger partial charge in [0.25, 0.3) is 0 Å². The van der Waals surface area contributed by atoms with Crippen molar-refractivity contribution < 1.29 is 9.53 Å². The van der Waals surface area contributed by atoms with Gasteiger partial charge in [-0.15, -0.1) is 0 Å². The smallest absolute Gasteiger partial charge is 0.320 e. The molecule has 2 saturated heterocycles. The molecule has 6 nitrogen and oxygen atoms in total. The number of rotatable bonds is 1. The summed E-state index contributed by atoms with van der Waals surface area (Å²) in [5.41, 5.74) is 3.67. The number of benzene rings is 2. The molecule has 1 atom stereocenters. The highest BCUT2D eigenvalue weighted by Crippen LogP contribution is 2.32. The molecule has 0 aliphatic carbocycles. The maximum absolute atomic E-state index is 13.3. The monoisotopic (exact) mass is 426 g/mol. The minimum absolute atomic E-state index is 0.124. The summed E-state index contributed by atoms with van der Waals surface area (Å²) in [5, 5.41) is 0.753. The Morgan fingerprint density at radius 3 is 2.47 bits per heavy atom. The third kappa shape index (κ3) is 3.82. The number of carbonyl (C=O) groups is 1. The van der Waals surface area contributed by atoms with Crippen LogP contribution in [-0.2, 0) is 11.3 Å². The number of piperazine rings is 1. The van der Waals surface area contributed by atoms with Crippen molar-refractivity contribution in [3.63, 3.8) is 0 Å². The predicted molar refractivity (Wildman–Crippen MR) is 119 cm³/mol. The van der Waals surface area contributed by atoms with Crippen LogP contribution >= 0.6 is 11.6 Å². The van der Waals surface area contributed by atoms with Gasteiger partial charge in [-0.1, -0.05) is 29.8 Å². The van der Waals surface area contributed by atoms with E-state index in [2.05, 4.69) is 46.2 Å². The molecule has 2 amide bonds. The van der Waals surface area contributed by atoms with Crippen molar-refractivity contribution in [1.29, 1.82) is 0 Å². The van der Waals surface area contributed by atoms with Crippen LogP contribution in [0.5, 0.6) is 0 Å². The molecule has 0 saturated carbocycles. The summed E-state index contributed by atoms with van der Waals surface area (Å²) in [6.07, 6.45) is 0. The van der Waals surface area contributed by atoms with Gasteiger partial charge in [0.1, 0.15) is 0 Å². The first-order chi connectivity index (χ1) is 14.7. The quantitative estimate of drug-likeness (QED) is 0.701. The van der Waals surface area contributed by atoms with Gasteiger partial charge in [0.15, 0.2) is 0 Å². The van der Waals surface area contributed by atoms with E-state index in [0.717, 1.165) is 31.2 Å². The van der Waals surface area contributed by atoms with Crippen LogP contribution in [0.1, 0.15) is 5.56 Å². The molecule has 0 radical (unpaired) electrons. The third-order valence-corrected chi connectivity index (χ3v) is 6.57. The number of halogens is 1. The topological polar surface area (TPSA) is 39.3 Å². The van der Waals surface area contributed by atoms with Gasteiger partial charge in [-0.25, -0.2) is 4.79 Å². The number of anilines is 2. The van der Waals surface area contributed by atoms with Crippen molar-refractivity contribution in [3.05, 3.63) is 59.1 Å². The Morgan fingerprint density at radius 2 is 1.67 bits per heavy atom. The van der Waals surface area contributed by atoms with E-state index in [4.69, 9.17) is 16.3 Å². The number of para-hydroxylation sites is 1. The zero-order chi connectivity index (χ0) is 20.5. The third-order valence-electron chi connectivity index (χ3n) is 6.32. The molecule has 0 spiro atoms. The Balaban J connectivity index is 1.42. The number of urea groups is 1. The normalized spacial score (nSPS) is 21.7. The van der Waals surface area contributed by atoms with Crippen molar-refractivity contribution in [3.8, 4) is 0 Å². The van der Waals surface area contributed by atoms with Crippen LogP contribution in [0.15, 0.2) is 48.5 Å². The van der Waals surface area contributed by atoms with Gasteiger partial charge in [0, 0.05) is 62.2 Å². The van der Waals surface area contributed by atoms with Crippen molar-refractivity contribution in [2.45, 2.75) is 12.6 Å². The molecule has 3 aliphatic heterocycles. The average Bonchev–Trinajstić information content (AvgIpc) is 2.96. The number of morpholine rings is 1. The van der Waals surface area contributed by atoms with Crippen LogP contribution in [0.25, 0.3) is 0 Å². The Labute approximate surface area is 182 Å². The molecule has 158 valence electrons. The lowest BCUT2D eigenvalue weighted by Crippen LogP contribution is -2.58. The van der Waals surface area contributed by atoms with Gasteiger partial charge >= 0.3 is 6.03 Å². The van der Waals surface area contributed by atoms with Crippen LogP contribution in [0.2, 0.25) is 5.02 Å². The van der Waals surface area contributed by atoms with Crippen LogP contribution in [0.4, 0.5) is 16.2 Å². The minimum atomic E-state index is 0.124. The van der Waals surface area contributed by atoms with Crippen molar-refractivity contribution >= 4 is 29.0 Å². The number of amides is 2. The van der Waals surface area contributed by atoms with E-state index in [-0.39, 0.29) is 12.1 Å². The second-order valence-electron chi connectivity index (χ2n) is 8.16. The lowest BCUT2D eigenvalue weighted by molar-refractivity contribution is 0.0423. The van der Waals surface area contributed by atoms with Gasteiger partial charge < -0.3 is 24.3 Å². The molecule has 2 aromatic rings. The zero-order valence-electron chi connectivity index (χ0n) is 17.0. The summed E-state index contributed by atoms with van der Waals surface area (Å²) in [5.74, 6) is 0. The minimum Gasteiger partial charge on any atom is -0.378 e. The van der Waals surface area contributed by atoms with Gasteiger partial charge in [0.2, 0.25) is 0 Å². The van der Waals surface area contributed by atoms with Crippen LogP contribution in [0, 0.1) is 0 Å². The average molecular weight is 427 g/mol. The second-order valence-corrected chi connectivity index (χ2v) is 8.60. The summed E-state index contributed by atoms with van der Waals surface area (Å²) < 4.78 is 5.44. The molecule has 0 aromatic heterocycles. The first-order valence-corrected chi connectivity index (χ1v) is 11.0. The van der Waals surface area contributed by atoms with E-state index in [0.29, 0.717) is 32.8 Å². The Hall–Kier alpha value is -2.44. The van der Waals surface area contributed by atoms with E-state index < -0.39 is 0 Å². The van der Waals surface area contributed by atoms with Crippen molar-refractivity contribution in [2.24, 2.45) is 0 Å². The van der Waals surface area contributed by atoms with Crippen LogP contribution in [0.3, 0.4) is 0 Å². The molecule has 7 heteroatoms. The van der Waals surface area contributed by atoms with Crippen molar-refractivity contribution in [2.75, 3.05) is 62.3 Å². The summed E-state index contributed by atoms with van der Waals surface area (Å²) in [6.45, 7) is 6.71. The summed E-state index contributed by atoms with van der Waals surface area (Å²) >= 11 is 6.08. The fraction of sp³-hybridized carbons (Fsp3) is 0.435. The highest BCUT2D eigenvalue weighted by atomic mass is 35.5.